The number of rotatable bonds is 3. The van der Waals surface area contributed by atoms with Crippen molar-refractivity contribution in [2.24, 2.45) is 5.18 Å². The van der Waals surface area contributed by atoms with Crippen molar-refractivity contribution in [2.75, 3.05) is 0 Å². The molecule has 1 N–H and O–H groups in total. The summed E-state index contributed by atoms with van der Waals surface area (Å²) in [6.07, 6.45) is 0. The van der Waals surface area contributed by atoms with Gasteiger partial charge in [-0.05, 0) is 19.1 Å². The molecule has 5 nitrogen and oxygen atoms in total. The minimum absolute atomic E-state index is 0.118. The van der Waals surface area contributed by atoms with Crippen LogP contribution < -0.4 is 5.56 Å². The molecule has 1 aromatic heterocycles. The maximum atomic E-state index is 13.8. The van der Waals surface area contributed by atoms with Gasteiger partial charge in [-0.1, -0.05) is 13.0 Å². The highest BCUT2D eigenvalue weighted by Crippen LogP contribution is 2.28. The third-order valence-electron chi connectivity index (χ3n) is 3.11. The second-order valence-corrected chi connectivity index (χ2v) is 4.35. The second kappa shape index (κ2) is 5.28. The molecule has 1 aromatic carbocycles. The standard InChI is InChI=1S/C13H11F2N3O2/c1-6(10-8(14)4-3-5-9(10)15)11-7(2)12(19)17-13(16-11)18-20/h3-6H,1-2H3,(H,16,17,19). The monoisotopic (exact) mass is 279 g/mol. The van der Waals surface area contributed by atoms with Gasteiger partial charge in [0, 0.05) is 22.2 Å². The van der Waals surface area contributed by atoms with Gasteiger partial charge in [0.25, 0.3) is 11.5 Å². The highest BCUT2D eigenvalue weighted by atomic mass is 19.1. The van der Waals surface area contributed by atoms with Crippen molar-refractivity contribution in [1.82, 2.24) is 9.97 Å². The van der Waals surface area contributed by atoms with Crippen LogP contribution in [0.5, 0.6) is 0 Å². The van der Waals surface area contributed by atoms with E-state index in [2.05, 4.69) is 15.1 Å². The molecule has 0 bridgehead atoms. The Morgan fingerprint density at radius 3 is 2.45 bits per heavy atom. The number of aromatic nitrogens is 2. The van der Waals surface area contributed by atoms with E-state index in [1.54, 1.807) is 0 Å². The molecule has 7 heteroatoms. The van der Waals surface area contributed by atoms with Crippen molar-refractivity contribution in [3.63, 3.8) is 0 Å². The van der Waals surface area contributed by atoms with Gasteiger partial charge in [-0.2, -0.15) is 0 Å². The van der Waals surface area contributed by atoms with Crippen LogP contribution in [0.4, 0.5) is 14.7 Å². The van der Waals surface area contributed by atoms with Crippen molar-refractivity contribution in [2.45, 2.75) is 19.8 Å². The smallest absolute Gasteiger partial charge is 0.272 e. The van der Waals surface area contributed by atoms with Crippen LogP contribution in [0.1, 0.15) is 29.7 Å². The fourth-order valence-electron chi connectivity index (χ4n) is 2.06. The summed E-state index contributed by atoms with van der Waals surface area (Å²) in [7, 11) is 0. The third kappa shape index (κ3) is 2.34. The van der Waals surface area contributed by atoms with Gasteiger partial charge in [0.1, 0.15) is 11.6 Å². The number of halogens is 2. The predicted octanol–water partition coefficient (Wildman–Crippen LogP) is 2.91. The summed E-state index contributed by atoms with van der Waals surface area (Å²) in [5, 5.41) is 2.55. The molecule has 0 radical (unpaired) electrons. The van der Waals surface area contributed by atoms with Crippen LogP contribution in [0, 0.1) is 23.5 Å². The summed E-state index contributed by atoms with van der Waals surface area (Å²) < 4.78 is 27.5. The van der Waals surface area contributed by atoms with Crippen LogP contribution >= 0.6 is 0 Å². The van der Waals surface area contributed by atoms with Gasteiger partial charge in [0.15, 0.2) is 0 Å². The molecule has 104 valence electrons. The first-order chi connectivity index (χ1) is 9.45. The number of H-pyrrole nitrogens is 1. The zero-order valence-corrected chi connectivity index (χ0v) is 10.8. The van der Waals surface area contributed by atoms with Crippen LogP contribution in [0.15, 0.2) is 28.2 Å². The molecule has 0 aliphatic rings. The number of aromatic amines is 1. The molecule has 20 heavy (non-hydrogen) atoms. The van der Waals surface area contributed by atoms with Crippen LogP contribution in [0.3, 0.4) is 0 Å². The SMILES string of the molecule is Cc1c(C(C)c2c(F)cccc2F)nc(N=O)[nH]c1=O. The number of nitrogens with zero attached hydrogens (tertiary/aromatic N) is 2. The highest BCUT2D eigenvalue weighted by molar-refractivity contribution is 5.35. The number of benzene rings is 1. The summed E-state index contributed by atoms with van der Waals surface area (Å²) in [5.74, 6) is -2.71. The van der Waals surface area contributed by atoms with Crippen LogP contribution in [-0.2, 0) is 0 Å². The van der Waals surface area contributed by atoms with Gasteiger partial charge in [0.05, 0.1) is 5.69 Å². The summed E-state index contributed by atoms with van der Waals surface area (Å²) >= 11 is 0. The van der Waals surface area contributed by atoms with Crippen molar-refractivity contribution in [3.05, 3.63) is 61.9 Å². The van der Waals surface area contributed by atoms with E-state index in [0.717, 1.165) is 12.1 Å². The molecule has 0 saturated heterocycles. The van der Waals surface area contributed by atoms with Crippen molar-refractivity contribution in [1.29, 1.82) is 0 Å². The van der Waals surface area contributed by atoms with E-state index in [1.165, 1.54) is 19.9 Å². The lowest BCUT2D eigenvalue weighted by Crippen LogP contribution is -2.17. The van der Waals surface area contributed by atoms with Crippen LogP contribution in [0.25, 0.3) is 0 Å². The van der Waals surface area contributed by atoms with Gasteiger partial charge >= 0.3 is 0 Å². The number of hydrogen-bond acceptors (Lipinski definition) is 4. The van der Waals surface area contributed by atoms with E-state index in [-0.39, 0.29) is 16.8 Å². The fraction of sp³-hybridized carbons (Fsp3) is 0.231. The lowest BCUT2D eigenvalue weighted by molar-refractivity contribution is 0.544. The van der Waals surface area contributed by atoms with Crippen molar-refractivity contribution in [3.8, 4) is 0 Å². The van der Waals surface area contributed by atoms with Gasteiger partial charge in [-0.25, -0.2) is 13.8 Å². The third-order valence-corrected chi connectivity index (χ3v) is 3.11. The van der Waals surface area contributed by atoms with E-state index < -0.39 is 29.1 Å². The Morgan fingerprint density at radius 1 is 1.30 bits per heavy atom. The summed E-state index contributed by atoms with van der Waals surface area (Å²) in [5.41, 5.74) is -0.460. The maximum absolute atomic E-state index is 13.8. The summed E-state index contributed by atoms with van der Waals surface area (Å²) in [6, 6.07) is 3.49. The van der Waals surface area contributed by atoms with E-state index in [4.69, 9.17) is 0 Å². The fourth-order valence-corrected chi connectivity index (χ4v) is 2.06. The Morgan fingerprint density at radius 2 is 1.90 bits per heavy atom. The first-order valence-corrected chi connectivity index (χ1v) is 5.83. The molecule has 2 rings (SSSR count). The summed E-state index contributed by atoms with van der Waals surface area (Å²) in [6.45, 7) is 2.97. The minimum Gasteiger partial charge on any atom is -0.288 e. The Balaban J connectivity index is 2.65. The van der Waals surface area contributed by atoms with Gasteiger partial charge in [-0.3, -0.25) is 9.78 Å². The first kappa shape index (κ1) is 14.0. The molecule has 1 atom stereocenters. The lowest BCUT2D eigenvalue weighted by Gasteiger charge is -2.15. The lowest BCUT2D eigenvalue weighted by atomic mass is 9.94. The highest BCUT2D eigenvalue weighted by Gasteiger charge is 2.22. The normalized spacial score (nSPS) is 12.2. The zero-order valence-electron chi connectivity index (χ0n) is 10.8. The molecular formula is C13H11F2N3O2. The molecule has 2 aromatic rings. The first-order valence-electron chi connectivity index (χ1n) is 5.83. The maximum Gasteiger partial charge on any atom is 0.272 e. The number of nitroso groups, excluding NO2 is 1. The molecule has 0 fully saturated rings. The average molecular weight is 279 g/mol. The Hall–Kier alpha value is -2.44. The molecule has 1 unspecified atom stereocenters. The van der Waals surface area contributed by atoms with Gasteiger partial charge in [-0.15, -0.1) is 4.91 Å². The van der Waals surface area contributed by atoms with Crippen LogP contribution in [-0.4, -0.2) is 9.97 Å². The quantitative estimate of drug-likeness (QED) is 0.878. The Kier molecular flexibility index (Phi) is 3.69. The average Bonchev–Trinajstić information content (AvgIpc) is 2.41. The van der Waals surface area contributed by atoms with Gasteiger partial charge < -0.3 is 0 Å². The van der Waals surface area contributed by atoms with Crippen molar-refractivity contribution >= 4 is 5.95 Å². The second-order valence-electron chi connectivity index (χ2n) is 4.35. The van der Waals surface area contributed by atoms with E-state index >= 15 is 0 Å². The van der Waals surface area contributed by atoms with Crippen LogP contribution in [0.2, 0.25) is 0 Å². The summed E-state index contributed by atoms with van der Waals surface area (Å²) in [4.78, 5) is 28.1. The molecular weight excluding hydrogens is 268 g/mol. The predicted molar refractivity (Wildman–Crippen MR) is 68.9 cm³/mol. The number of nitrogens with one attached hydrogen (secondary N) is 1. The molecule has 0 amide bonds. The molecule has 0 saturated carbocycles. The zero-order chi connectivity index (χ0) is 14.9. The largest absolute Gasteiger partial charge is 0.288 e. The van der Waals surface area contributed by atoms with E-state index in [9.17, 15) is 18.5 Å². The number of hydrogen-bond donors (Lipinski definition) is 1. The van der Waals surface area contributed by atoms with Gasteiger partial charge in [0.2, 0.25) is 0 Å². The van der Waals surface area contributed by atoms with E-state index in [0.29, 0.717) is 0 Å². The Labute approximate surface area is 112 Å². The molecule has 1 heterocycles. The molecule has 0 aliphatic carbocycles. The van der Waals surface area contributed by atoms with E-state index in [1.807, 2.05) is 0 Å². The van der Waals surface area contributed by atoms with Crippen molar-refractivity contribution < 1.29 is 8.78 Å². The minimum atomic E-state index is -0.820. The topological polar surface area (TPSA) is 75.2 Å². The molecule has 0 aliphatic heterocycles. The Bertz CT molecular complexity index is 708. The molecule has 0 spiro atoms.